The van der Waals surface area contributed by atoms with Crippen molar-refractivity contribution in [2.24, 2.45) is 5.92 Å². The zero-order valence-electron chi connectivity index (χ0n) is 8.32. The van der Waals surface area contributed by atoms with Crippen LogP contribution < -0.4 is 5.32 Å². The molecule has 0 radical (unpaired) electrons. The molecule has 0 aliphatic carbocycles. The van der Waals surface area contributed by atoms with Crippen molar-refractivity contribution in [2.75, 3.05) is 12.4 Å². The van der Waals surface area contributed by atoms with Crippen LogP contribution in [0.1, 0.15) is 5.56 Å². The first kappa shape index (κ1) is 9.71. The molecule has 1 aliphatic rings. The number of anilines is 1. The number of hydrogen-bond acceptors (Lipinski definition) is 3. The van der Waals surface area contributed by atoms with Gasteiger partial charge in [0.1, 0.15) is 5.92 Å². The molecule has 1 aliphatic heterocycles. The molecule has 0 saturated carbocycles. The van der Waals surface area contributed by atoms with Crippen LogP contribution in [-0.4, -0.2) is 19.0 Å². The molecule has 15 heavy (non-hydrogen) atoms. The van der Waals surface area contributed by atoms with E-state index in [4.69, 9.17) is 0 Å². The fraction of sp³-hybridized carbons (Fsp3) is 0.273. The Hall–Kier alpha value is -1.84. The summed E-state index contributed by atoms with van der Waals surface area (Å²) in [5.74, 6) is -1.49. The van der Waals surface area contributed by atoms with E-state index in [1.54, 1.807) is 0 Å². The molecular weight excluding hydrogens is 194 g/mol. The molecule has 0 spiro atoms. The maximum Gasteiger partial charge on any atom is 0.318 e. The number of nitrogens with one attached hydrogen (secondary N) is 1. The van der Waals surface area contributed by atoms with Crippen molar-refractivity contribution in [1.82, 2.24) is 0 Å². The lowest BCUT2D eigenvalue weighted by molar-refractivity contribution is -0.148. The van der Waals surface area contributed by atoms with Gasteiger partial charge in [-0.05, 0) is 18.1 Å². The highest BCUT2D eigenvalue weighted by Crippen LogP contribution is 2.25. The minimum atomic E-state index is -0.718. The van der Waals surface area contributed by atoms with Gasteiger partial charge in [0.15, 0.2) is 0 Å². The molecule has 4 heteroatoms. The number of fused-ring (bicyclic) bond motifs is 1. The first-order chi connectivity index (χ1) is 7.22. The van der Waals surface area contributed by atoms with Crippen LogP contribution >= 0.6 is 0 Å². The predicted molar refractivity (Wildman–Crippen MR) is 54.3 cm³/mol. The second-order valence-electron chi connectivity index (χ2n) is 3.43. The van der Waals surface area contributed by atoms with Crippen LogP contribution in [0, 0.1) is 5.92 Å². The number of rotatable bonds is 1. The van der Waals surface area contributed by atoms with Gasteiger partial charge in [-0.25, -0.2) is 0 Å². The maximum atomic E-state index is 11.5. The van der Waals surface area contributed by atoms with Gasteiger partial charge in [0.2, 0.25) is 5.91 Å². The molecule has 78 valence electrons. The van der Waals surface area contributed by atoms with Crippen LogP contribution in [0.2, 0.25) is 0 Å². The number of amides is 1. The predicted octanol–water partition coefficient (Wildman–Crippen LogP) is 0.970. The molecule has 1 N–H and O–H groups in total. The van der Waals surface area contributed by atoms with Crippen molar-refractivity contribution in [1.29, 1.82) is 0 Å². The molecule has 0 saturated heterocycles. The standard InChI is InChI=1S/C11H11NO3/c1-15-11(14)8-6-7-4-2-3-5-9(7)12-10(8)13/h2-5,8H,6H2,1H3,(H,12,13). The fourth-order valence-electron chi connectivity index (χ4n) is 1.69. The number of methoxy groups -OCH3 is 1. The van der Waals surface area contributed by atoms with Crippen molar-refractivity contribution < 1.29 is 14.3 Å². The molecule has 1 aromatic rings. The van der Waals surface area contributed by atoms with E-state index in [2.05, 4.69) is 10.1 Å². The Balaban J connectivity index is 2.29. The van der Waals surface area contributed by atoms with E-state index in [-0.39, 0.29) is 5.91 Å². The molecule has 1 aromatic carbocycles. The molecule has 2 rings (SSSR count). The lowest BCUT2D eigenvalue weighted by Gasteiger charge is -2.22. The molecule has 1 heterocycles. The third-order valence-electron chi connectivity index (χ3n) is 2.50. The highest BCUT2D eigenvalue weighted by Gasteiger charge is 2.32. The van der Waals surface area contributed by atoms with Crippen molar-refractivity contribution in [3.63, 3.8) is 0 Å². The van der Waals surface area contributed by atoms with Gasteiger partial charge < -0.3 is 10.1 Å². The first-order valence-electron chi connectivity index (χ1n) is 4.69. The molecular formula is C11H11NO3. The highest BCUT2D eigenvalue weighted by atomic mass is 16.5. The summed E-state index contributed by atoms with van der Waals surface area (Å²) in [5.41, 5.74) is 1.75. The SMILES string of the molecule is COC(=O)C1Cc2ccccc2NC1=O. The Kier molecular flexibility index (Phi) is 2.41. The summed E-state index contributed by atoms with van der Waals surface area (Å²) in [6.45, 7) is 0. The largest absolute Gasteiger partial charge is 0.468 e. The zero-order valence-corrected chi connectivity index (χ0v) is 8.32. The normalized spacial score (nSPS) is 19.0. The number of para-hydroxylation sites is 1. The summed E-state index contributed by atoms with van der Waals surface area (Å²) >= 11 is 0. The number of benzene rings is 1. The zero-order chi connectivity index (χ0) is 10.8. The number of carbonyl (C=O) groups excluding carboxylic acids is 2. The van der Waals surface area contributed by atoms with Crippen LogP contribution in [0.5, 0.6) is 0 Å². The summed E-state index contributed by atoms with van der Waals surface area (Å²) in [7, 11) is 1.29. The van der Waals surface area contributed by atoms with Gasteiger partial charge >= 0.3 is 5.97 Å². The average molecular weight is 205 g/mol. The molecule has 1 atom stereocenters. The van der Waals surface area contributed by atoms with Crippen molar-refractivity contribution in [3.8, 4) is 0 Å². The minimum absolute atomic E-state index is 0.291. The van der Waals surface area contributed by atoms with Crippen LogP contribution in [-0.2, 0) is 20.7 Å². The van der Waals surface area contributed by atoms with Gasteiger partial charge in [-0.3, -0.25) is 9.59 Å². The Morgan fingerprint density at radius 3 is 2.93 bits per heavy atom. The quantitative estimate of drug-likeness (QED) is 0.549. The maximum absolute atomic E-state index is 11.5. The van der Waals surface area contributed by atoms with Crippen LogP contribution in [0.15, 0.2) is 24.3 Å². The van der Waals surface area contributed by atoms with Crippen molar-refractivity contribution in [3.05, 3.63) is 29.8 Å². The third-order valence-corrected chi connectivity index (χ3v) is 2.50. The number of hydrogen-bond donors (Lipinski definition) is 1. The molecule has 0 fully saturated rings. The van der Waals surface area contributed by atoms with E-state index in [0.29, 0.717) is 6.42 Å². The van der Waals surface area contributed by atoms with E-state index >= 15 is 0 Å². The summed E-state index contributed by atoms with van der Waals surface area (Å²) in [6, 6.07) is 7.44. The third kappa shape index (κ3) is 1.70. The second-order valence-corrected chi connectivity index (χ2v) is 3.43. The van der Waals surface area contributed by atoms with Crippen LogP contribution in [0.25, 0.3) is 0 Å². The topological polar surface area (TPSA) is 55.4 Å². The van der Waals surface area contributed by atoms with E-state index in [1.807, 2.05) is 24.3 Å². The van der Waals surface area contributed by atoms with Gasteiger partial charge in [-0.2, -0.15) is 0 Å². The first-order valence-corrected chi connectivity index (χ1v) is 4.69. The van der Waals surface area contributed by atoms with E-state index in [9.17, 15) is 9.59 Å². The van der Waals surface area contributed by atoms with E-state index in [0.717, 1.165) is 11.3 Å². The smallest absolute Gasteiger partial charge is 0.318 e. The van der Waals surface area contributed by atoms with Crippen molar-refractivity contribution >= 4 is 17.6 Å². The number of carbonyl (C=O) groups is 2. The lowest BCUT2D eigenvalue weighted by atomic mass is 9.93. The Morgan fingerprint density at radius 1 is 1.47 bits per heavy atom. The van der Waals surface area contributed by atoms with Crippen molar-refractivity contribution in [2.45, 2.75) is 6.42 Å². The fourth-order valence-corrected chi connectivity index (χ4v) is 1.69. The van der Waals surface area contributed by atoms with Gasteiger partial charge in [-0.15, -0.1) is 0 Å². The molecule has 1 amide bonds. The molecule has 1 unspecified atom stereocenters. The van der Waals surface area contributed by atoms with E-state index < -0.39 is 11.9 Å². The average Bonchev–Trinajstić information content (AvgIpc) is 2.27. The molecule has 4 nitrogen and oxygen atoms in total. The van der Waals surface area contributed by atoms with Gasteiger partial charge in [-0.1, -0.05) is 18.2 Å². The molecule has 0 aromatic heterocycles. The van der Waals surface area contributed by atoms with Gasteiger partial charge in [0.05, 0.1) is 7.11 Å². The summed E-state index contributed by atoms with van der Waals surface area (Å²) in [4.78, 5) is 22.8. The minimum Gasteiger partial charge on any atom is -0.468 e. The van der Waals surface area contributed by atoms with E-state index in [1.165, 1.54) is 7.11 Å². The second kappa shape index (κ2) is 3.73. The number of esters is 1. The Labute approximate surface area is 87.2 Å². The summed E-state index contributed by atoms with van der Waals surface area (Å²) < 4.78 is 4.58. The number of ether oxygens (including phenoxy) is 1. The highest BCUT2D eigenvalue weighted by molar-refractivity contribution is 6.07. The van der Waals surface area contributed by atoms with Crippen LogP contribution in [0.3, 0.4) is 0 Å². The summed E-state index contributed by atoms with van der Waals surface area (Å²) in [5, 5.41) is 2.69. The van der Waals surface area contributed by atoms with Gasteiger partial charge in [0.25, 0.3) is 0 Å². The summed E-state index contributed by atoms with van der Waals surface area (Å²) in [6.07, 6.45) is 0.411. The van der Waals surface area contributed by atoms with Gasteiger partial charge in [0, 0.05) is 5.69 Å². The van der Waals surface area contributed by atoms with Crippen LogP contribution in [0.4, 0.5) is 5.69 Å². The Bertz CT molecular complexity index is 414. The Morgan fingerprint density at radius 2 is 2.20 bits per heavy atom. The molecule has 0 bridgehead atoms. The lowest BCUT2D eigenvalue weighted by Crippen LogP contribution is -2.36. The monoisotopic (exact) mass is 205 g/mol.